The second kappa shape index (κ2) is 8.40. The number of amides is 1. The van der Waals surface area contributed by atoms with Crippen LogP contribution >= 0.6 is 0 Å². The number of carbonyl (C=O) groups is 1. The lowest BCUT2D eigenvalue weighted by Gasteiger charge is -2.17. The first-order valence-corrected chi connectivity index (χ1v) is 7.05. The van der Waals surface area contributed by atoms with Gasteiger partial charge >= 0.3 is 0 Å². The molecular weight excluding hydrogens is 244 g/mol. The van der Waals surface area contributed by atoms with Crippen LogP contribution in [0.2, 0.25) is 0 Å². The lowest BCUT2D eigenvalue weighted by Crippen LogP contribution is -2.40. The number of carbonyl (C=O) groups excluding carboxylic acids is 1. The summed E-state index contributed by atoms with van der Waals surface area (Å²) in [6.45, 7) is 3.26. The van der Waals surface area contributed by atoms with E-state index in [2.05, 4.69) is 10.0 Å². The van der Waals surface area contributed by atoms with Gasteiger partial charge in [-0.05, 0) is 19.9 Å². The molecule has 0 aliphatic rings. The molecule has 102 valence electrons. The Morgan fingerprint density at radius 1 is 1.41 bits per heavy atom. The van der Waals surface area contributed by atoms with Crippen molar-refractivity contribution < 1.29 is 13.2 Å². The first-order valence-electron chi connectivity index (χ1n) is 5.61. The van der Waals surface area contributed by atoms with E-state index in [9.17, 15) is 13.2 Å². The molecule has 7 nitrogen and oxygen atoms in total. The topological polar surface area (TPSA) is 105 Å². The first-order chi connectivity index (χ1) is 7.94. The third-order valence-corrected chi connectivity index (χ3v) is 3.67. The van der Waals surface area contributed by atoms with Gasteiger partial charge in [-0.3, -0.25) is 4.79 Å². The maximum absolute atomic E-state index is 11.6. The molecule has 8 heteroatoms. The van der Waals surface area contributed by atoms with Gasteiger partial charge in [0.25, 0.3) is 10.2 Å². The van der Waals surface area contributed by atoms with E-state index in [-0.39, 0.29) is 18.9 Å². The van der Waals surface area contributed by atoms with Crippen molar-refractivity contribution in [3.63, 3.8) is 0 Å². The summed E-state index contributed by atoms with van der Waals surface area (Å²) >= 11 is 0. The fourth-order valence-corrected chi connectivity index (χ4v) is 2.07. The predicted molar refractivity (Wildman–Crippen MR) is 66.5 cm³/mol. The van der Waals surface area contributed by atoms with E-state index < -0.39 is 10.2 Å². The van der Waals surface area contributed by atoms with Crippen molar-refractivity contribution >= 4 is 16.1 Å². The van der Waals surface area contributed by atoms with Crippen LogP contribution in [0.3, 0.4) is 0 Å². The van der Waals surface area contributed by atoms with Crippen LogP contribution in [0.1, 0.15) is 19.8 Å². The zero-order valence-electron chi connectivity index (χ0n) is 10.4. The molecule has 0 saturated heterocycles. The van der Waals surface area contributed by atoms with E-state index in [1.165, 1.54) is 11.4 Å². The SMILES string of the molecule is CCNC(=O)CCNS(=O)(=O)N(C)CCCN. The lowest BCUT2D eigenvalue weighted by atomic mass is 10.4. The fraction of sp³-hybridized carbons (Fsp3) is 0.889. The molecule has 0 aromatic carbocycles. The monoisotopic (exact) mass is 266 g/mol. The van der Waals surface area contributed by atoms with Gasteiger partial charge in [-0.2, -0.15) is 12.7 Å². The van der Waals surface area contributed by atoms with Crippen molar-refractivity contribution in [3.8, 4) is 0 Å². The average molecular weight is 266 g/mol. The highest BCUT2D eigenvalue weighted by Gasteiger charge is 2.16. The van der Waals surface area contributed by atoms with E-state index in [0.29, 0.717) is 26.1 Å². The van der Waals surface area contributed by atoms with Gasteiger partial charge in [0.2, 0.25) is 5.91 Å². The Bertz CT molecular complexity index is 318. The number of hydrogen-bond acceptors (Lipinski definition) is 4. The molecule has 0 heterocycles. The van der Waals surface area contributed by atoms with E-state index >= 15 is 0 Å². The van der Waals surface area contributed by atoms with Crippen LogP contribution in [-0.4, -0.2) is 51.9 Å². The summed E-state index contributed by atoms with van der Waals surface area (Å²) in [7, 11) is -2.02. The van der Waals surface area contributed by atoms with E-state index in [1.54, 1.807) is 0 Å². The van der Waals surface area contributed by atoms with Crippen LogP contribution in [0.4, 0.5) is 0 Å². The standard InChI is InChI=1S/C9H22N4O3S/c1-3-11-9(14)5-7-12-17(15,16)13(2)8-4-6-10/h12H,3-8,10H2,1-2H3,(H,11,14). The zero-order chi connectivity index (χ0) is 13.3. The van der Waals surface area contributed by atoms with Gasteiger partial charge < -0.3 is 11.1 Å². The smallest absolute Gasteiger partial charge is 0.279 e. The molecule has 0 aliphatic carbocycles. The van der Waals surface area contributed by atoms with Crippen molar-refractivity contribution in [2.45, 2.75) is 19.8 Å². The van der Waals surface area contributed by atoms with Crippen molar-refractivity contribution in [3.05, 3.63) is 0 Å². The van der Waals surface area contributed by atoms with Gasteiger partial charge in [-0.15, -0.1) is 0 Å². The lowest BCUT2D eigenvalue weighted by molar-refractivity contribution is -0.120. The van der Waals surface area contributed by atoms with Gasteiger partial charge in [-0.1, -0.05) is 0 Å². The number of nitrogens with zero attached hydrogens (tertiary/aromatic N) is 1. The second-order valence-electron chi connectivity index (χ2n) is 3.57. The summed E-state index contributed by atoms with van der Waals surface area (Å²) in [6, 6.07) is 0. The second-order valence-corrected chi connectivity index (χ2v) is 5.43. The molecule has 0 fully saturated rings. The number of nitrogens with two attached hydrogens (primary N) is 1. The Kier molecular flexibility index (Phi) is 8.05. The van der Waals surface area contributed by atoms with Crippen LogP contribution in [-0.2, 0) is 15.0 Å². The minimum Gasteiger partial charge on any atom is -0.356 e. The van der Waals surface area contributed by atoms with Crippen LogP contribution in [0.15, 0.2) is 0 Å². The fourth-order valence-electron chi connectivity index (χ4n) is 1.12. The minimum absolute atomic E-state index is 0.0983. The van der Waals surface area contributed by atoms with Gasteiger partial charge in [0.15, 0.2) is 0 Å². The van der Waals surface area contributed by atoms with Crippen LogP contribution in [0.25, 0.3) is 0 Å². The quantitative estimate of drug-likeness (QED) is 0.479. The summed E-state index contributed by atoms with van der Waals surface area (Å²) in [5.41, 5.74) is 5.30. The zero-order valence-corrected chi connectivity index (χ0v) is 11.2. The summed E-state index contributed by atoms with van der Waals surface area (Å²) in [4.78, 5) is 11.1. The molecule has 0 unspecified atom stereocenters. The molecule has 4 N–H and O–H groups in total. The molecule has 0 rings (SSSR count). The molecule has 0 atom stereocenters. The summed E-state index contributed by atoms with van der Waals surface area (Å²) in [5.74, 6) is -0.167. The van der Waals surface area contributed by atoms with Crippen molar-refractivity contribution in [1.82, 2.24) is 14.3 Å². The first kappa shape index (κ1) is 16.3. The maximum Gasteiger partial charge on any atom is 0.279 e. The van der Waals surface area contributed by atoms with E-state index in [0.717, 1.165) is 0 Å². The minimum atomic E-state index is -3.50. The molecule has 0 aliphatic heterocycles. The van der Waals surface area contributed by atoms with E-state index in [1.807, 2.05) is 6.92 Å². The largest absolute Gasteiger partial charge is 0.356 e. The molecule has 0 saturated carbocycles. The van der Waals surface area contributed by atoms with Crippen LogP contribution in [0, 0.1) is 0 Å². The Hall–Kier alpha value is -0.700. The van der Waals surface area contributed by atoms with Crippen LogP contribution in [0.5, 0.6) is 0 Å². The highest BCUT2D eigenvalue weighted by Crippen LogP contribution is 1.95. The Labute approximate surface area is 103 Å². The number of hydrogen-bond donors (Lipinski definition) is 3. The third-order valence-electron chi connectivity index (χ3n) is 2.10. The van der Waals surface area contributed by atoms with Gasteiger partial charge in [0.1, 0.15) is 0 Å². The van der Waals surface area contributed by atoms with Gasteiger partial charge in [0, 0.05) is 33.1 Å². The van der Waals surface area contributed by atoms with Crippen molar-refractivity contribution in [2.75, 3.05) is 33.2 Å². The third kappa shape index (κ3) is 7.27. The maximum atomic E-state index is 11.6. The average Bonchev–Trinajstić information content (AvgIpc) is 2.25. The normalized spacial score (nSPS) is 11.8. The molecule has 0 aromatic heterocycles. The molecule has 0 radical (unpaired) electrons. The number of nitrogens with one attached hydrogen (secondary N) is 2. The highest BCUT2D eigenvalue weighted by molar-refractivity contribution is 7.87. The van der Waals surface area contributed by atoms with Gasteiger partial charge in [0.05, 0.1) is 0 Å². The van der Waals surface area contributed by atoms with E-state index in [4.69, 9.17) is 5.73 Å². The highest BCUT2D eigenvalue weighted by atomic mass is 32.2. The molecule has 0 spiro atoms. The molecule has 1 amide bonds. The molecule has 0 bridgehead atoms. The van der Waals surface area contributed by atoms with Gasteiger partial charge in [-0.25, -0.2) is 4.72 Å². The molecule has 17 heavy (non-hydrogen) atoms. The Morgan fingerprint density at radius 3 is 2.59 bits per heavy atom. The molecular formula is C9H22N4O3S. The summed E-state index contributed by atoms with van der Waals surface area (Å²) in [6.07, 6.45) is 0.742. The van der Waals surface area contributed by atoms with Crippen LogP contribution < -0.4 is 15.8 Å². The summed E-state index contributed by atoms with van der Waals surface area (Å²) < 4.78 is 26.8. The Morgan fingerprint density at radius 2 is 2.06 bits per heavy atom. The van der Waals surface area contributed by atoms with Crippen molar-refractivity contribution in [1.29, 1.82) is 0 Å². The Balaban J connectivity index is 3.97. The number of rotatable bonds is 9. The molecule has 0 aromatic rings. The predicted octanol–water partition coefficient (Wildman–Crippen LogP) is -1.37. The van der Waals surface area contributed by atoms with Crippen molar-refractivity contribution in [2.24, 2.45) is 5.73 Å². The summed E-state index contributed by atoms with van der Waals surface area (Å²) in [5, 5.41) is 2.59.